The van der Waals surface area contributed by atoms with Crippen LogP contribution in [0.3, 0.4) is 0 Å². The second kappa shape index (κ2) is 3.36. The fourth-order valence-electron chi connectivity index (χ4n) is 1.17. The van der Waals surface area contributed by atoms with Crippen LogP contribution in [0.25, 0.3) is 5.57 Å². The molecule has 0 spiro atoms. The topological polar surface area (TPSA) is 26.0 Å². The largest absolute Gasteiger partial charge is 0.417 e. The number of nitrogen functional groups attached to an aromatic ring is 1. The van der Waals surface area contributed by atoms with E-state index >= 15 is 0 Å². The normalized spacial score (nSPS) is 11.4. The Hall–Kier alpha value is -1.45. The molecule has 4 heteroatoms. The Morgan fingerprint density at radius 1 is 1.36 bits per heavy atom. The Morgan fingerprint density at radius 2 is 1.93 bits per heavy atom. The van der Waals surface area contributed by atoms with Crippen LogP contribution in [0.15, 0.2) is 24.8 Å². The number of alkyl halides is 3. The van der Waals surface area contributed by atoms with E-state index in [2.05, 4.69) is 6.58 Å². The van der Waals surface area contributed by atoms with Gasteiger partial charge in [0.1, 0.15) is 0 Å². The van der Waals surface area contributed by atoms with E-state index in [9.17, 15) is 13.2 Å². The van der Waals surface area contributed by atoms with Crippen molar-refractivity contribution >= 4 is 11.3 Å². The zero-order valence-electron chi connectivity index (χ0n) is 7.65. The van der Waals surface area contributed by atoms with Gasteiger partial charge in [-0.25, -0.2) is 0 Å². The van der Waals surface area contributed by atoms with Gasteiger partial charge in [-0.05, 0) is 24.6 Å². The van der Waals surface area contributed by atoms with Gasteiger partial charge in [-0.15, -0.1) is 0 Å². The predicted molar refractivity (Wildman–Crippen MR) is 50.6 cm³/mol. The Balaban J connectivity index is 3.38. The lowest BCUT2D eigenvalue weighted by Crippen LogP contribution is -2.09. The number of halogens is 3. The van der Waals surface area contributed by atoms with Crippen molar-refractivity contribution in [2.75, 3.05) is 5.73 Å². The number of allylic oxidation sites excluding steroid dienone is 1. The summed E-state index contributed by atoms with van der Waals surface area (Å²) in [7, 11) is 0. The first kappa shape index (κ1) is 10.6. The highest BCUT2D eigenvalue weighted by molar-refractivity contribution is 5.67. The Labute approximate surface area is 80.0 Å². The molecule has 0 saturated heterocycles. The van der Waals surface area contributed by atoms with Crippen molar-refractivity contribution in [1.82, 2.24) is 0 Å². The number of benzene rings is 1. The van der Waals surface area contributed by atoms with Crippen molar-refractivity contribution in [2.45, 2.75) is 13.1 Å². The Kier molecular flexibility index (Phi) is 2.55. The maximum Gasteiger partial charge on any atom is 0.417 e. The monoisotopic (exact) mass is 201 g/mol. The maximum atomic E-state index is 12.5. The molecule has 1 rings (SSSR count). The van der Waals surface area contributed by atoms with Crippen LogP contribution >= 0.6 is 0 Å². The van der Waals surface area contributed by atoms with Gasteiger partial charge in [0.2, 0.25) is 0 Å². The summed E-state index contributed by atoms with van der Waals surface area (Å²) in [6.45, 7) is 5.02. The second-order valence-electron chi connectivity index (χ2n) is 3.08. The summed E-state index contributed by atoms with van der Waals surface area (Å²) in [5.41, 5.74) is 5.12. The molecule has 76 valence electrons. The first-order chi connectivity index (χ1) is 6.32. The minimum atomic E-state index is -4.39. The molecule has 0 aromatic heterocycles. The molecular formula is C10H10F3N. The van der Waals surface area contributed by atoms with Gasteiger partial charge in [0.25, 0.3) is 0 Å². The third-order valence-corrected chi connectivity index (χ3v) is 1.81. The van der Waals surface area contributed by atoms with E-state index in [1.807, 2.05) is 0 Å². The standard InChI is InChI=1S/C10H10F3N/c1-6(2)8-4-3-7(14)5-9(8)10(11,12)13/h3-5H,1,14H2,2H3. The van der Waals surface area contributed by atoms with Crippen molar-refractivity contribution in [3.05, 3.63) is 35.9 Å². The minimum Gasteiger partial charge on any atom is -0.399 e. The molecule has 0 radical (unpaired) electrons. The first-order valence-electron chi connectivity index (χ1n) is 3.95. The summed E-state index contributed by atoms with van der Waals surface area (Å²) in [5, 5.41) is 0. The molecule has 1 aromatic rings. The molecule has 0 fully saturated rings. The highest BCUT2D eigenvalue weighted by Gasteiger charge is 2.33. The summed E-state index contributed by atoms with van der Waals surface area (Å²) in [5.74, 6) is 0. The van der Waals surface area contributed by atoms with Crippen LogP contribution in [0.5, 0.6) is 0 Å². The van der Waals surface area contributed by atoms with Crippen LogP contribution in [0, 0.1) is 0 Å². The van der Waals surface area contributed by atoms with Crippen molar-refractivity contribution < 1.29 is 13.2 Å². The number of hydrogen-bond donors (Lipinski definition) is 1. The van der Waals surface area contributed by atoms with Crippen molar-refractivity contribution in [1.29, 1.82) is 0 Å². The van der Waals surface area contributed by atoms with Gasteiger partial charge in [0.15, 0.2) is 0 Å². The molecule has 14 heavy (non-hydrogen) atoms. The third kappa shape index (κ3) is 2.07. The molecule has 1 aromatic carbocycles. The van der Waals surface area contributed by atoms with Crippen LogP contribution in [-0.4, -0.2) is 0 Å². The molecule has 0 heterocycles. The van der Waals surface area contributed by atoms with E-state index in [0.29, 0.717) is 5.57 Å². The van der Waals surface area contributed by atoms with Gasteiger partial charge in [-0.1, -0.05) is 18.2 Å². The Morgan fingerprint density at radius 3 is 2.36 bits per heavy atom. The van der Waals surface area contributed by atoms with Crippen molar-refractivity contribution in [2.24, 2.45) is 0 Å². The number of hydrogen-bond acceptors (Lipinski definition) is 1. The van der Waals surface area contributed by atoms with Gasteiger partial charge in [0.05, 0.1) is 5.56 Å². The van der Waals surface area contributed by atoms with Gasteiger partial charge in [0, 0.05) is 5.69 Å². The van der Waals surface area contributed by atoms with Crippen molar-refractivity contribution in [3.8, 4) is 0 Å². The van der Waals surface area contributed by atoms with Crippen LogP contribution in [0.1, 0.15) is 18.1 Å². The highest BCUT2D eigenvalue weighted by atomic mass is 19.4. The second-order valence-corrected chi connectivity index (χ2v) is 3.08. The summed E-state index contributed by atoms with van der Waals surface area (Å²) >= 11 is 0. The van der Waals surface area contributed by atoms with Gasteiger partial charge in [-0.3, -0.25) is 0 Å². The van der Waals surface area contributed by atoms with E-state index in [1.54, 1.807) is 0 Å². The van der Waals surface area contributed by atoms with Crippen LogP contribution in [0.2, 0.25) is 0 Å². The molecule has 0 amide bonds. The minimum absolute atomic E-state index is 0.0895. The molecule has 0 bridgehead atoms. The number of nitrogens with two attached hydrogens (primary N) is 1. The number of anilines is 1. The number of rotatable bonds is 1. The Bertz CT molecular complexity index is 366. The molecular weight excluding hydrogens is 191 g/mol. The van der Waals surface area contributed by atoms with Crippen LogP contribution in [-0.2, 0) is 6.18 Å². The molecule has 0 aliphatic carbocycles. The fourth-order valence-corrected chi connectivity index (χ4v) is 1.17. The first-order valence-corrected chi connectivity index (χ1v) is 3.95. The maximum absolute atomic E-state index is 12.5. The molecule has 2 N–H and O–H groups in total. The van der Waals surface area contributed by atoms with Crippen molar-refractivity contribution in [3.63, 3.8) is 0 Å². The lowest BCUT2D eigenvalue weighted by molar-refractivity contribution is -0.137. The van der Waals surface area contributed by atoms with E-state index in [-0.39, 0.29) is 11.3 Å². The summed E-state index contributed by atoms with van der Waals surface area (Å²) in [6, 6.07) is 3.68. The average molecular weight is 201 g/mol. The van der Waals surface area contributed by atoms with E-state index in [4.69, 9.17) is 5.73 Å². The summed E-state index contributed by atoms with van der Waals surface area (Å²) < 4.78 is 37.5. The van der Waals surface area contributed by atoms with Crippen LogP contribution < -0.4 is 5.73 Å². The lowest BCUT2D eigenvalue weighted by atomic mass is 10.0. The molecule has 0 saturated carbocycles. The zero-order chi connectivity index (χ0) is 10.9. The third-order valence-electron chi connectivity index (χ3n) is 1.81. The van der Waals surface area contributed by atoms with Gasteiger partial charge >= 0.3 is 6.18 Å². The fraction of sp³-hybridized carbons (Fsp3) is 0.200. The summed E-state index contributed by atoms with van der Waals surface area (Å²) in [4.78, 5) is 0. The predicted octanol–water partition coefficient (Wildman–Crippen LogP) is 3.32. The lowest BCUT2D eigenvalue weighted by Gasteiger charge is -2.13. The van der Waals surface area contributed by atoms with E-state index in [1.165, 1.54) is 19.1 Å². The average Bonchev–Trinajstić information content (AvgIpc) is 2.01. The van der Waals surface area contributed by atoms with Gasteiger partial charge in [-0.2, -0.15) is 13.2 Å². The smallest absolute Gasteiger partial charge is 0.399 e. The molecule has 0 aliphatic rings. The zero-order valence-corrected chi connectivity index (χ0v) is 7.65. The SMILES string of the molecule is C=C(C)c1ccc(N)cc1C(F)(F)F. The van der Waals surface area contributed by atoms with E-state index < -0.39 is 11.7 Å². The molecule has 1 nitrogen and oxygen atoms in total. The highest BCUT2D eigenvalue weighted by Crippen LogP contribution is 2.35. The van der Waals surface area contributed by atoms with E-state index in [0.717, 1.165) is 6.07 Å². The molecule has 0 aliphatic heterocycles. The molecule has 0 atom stereocenters. The quantitative estimate of drug-likeness (QED) is 0.693. The summed E-state index contributed by atoms with van der Waals surface area (Å²) in [6.07, 6.45) is -4.39. The molecule has 0 unspecified atom stereocenters. The van der Waals surface area contributed by atoms with Crippen LogP contribution in [0.4, 0.5) is 18.9 Å². The van der Waals surface area contributed by atoms with Gasteiger partial charge < -0.3 is 5.73 Å².